The van der Waals surface area contributed by atoms with Crippen molar-refractivity contribution in [1.82, 2.24) is 0 Å². The van der Waals surface area contributed by atoms with Crippen molar-refractivity contribution in [2.45, 2.75) is 64.1 Å². The fourth-order valence-corrected chi connectivity index (χ4v) is 2.57. The summed E-state index contributed by atoms with van der Waals surface area (Å²) < 4.78 is 11.9. The van der Waals surface area contributed by atoms with Gasteiger partial charge in [0, 0.05) is 0 Å². The lowest BCUT2D eigenvalue weighted by Crippen LogP contribution is -2.42. The van der Waals surface area contributed by atoms with E-state index in [0.717, 1.165) is 12.8 Å². The second-order valence-electron chi connectivity index (χ2n) is 6.16. The van der Waals surface area contributed by atoms with Crippen LogP contribution in [-0.2, 0) is 9.16 Å². The number of hydrogen-bond donors (Lipinski definition) is 1. The molecule has 4 nitrogen and oxygen atoms in total. The first-order valence-corrected chi connectivity index (χ1v) is 9.20. The van der Waals surface area contributed by atoms with E-state index in [1.54, 1.807) is 0 Å². The number of hydrogen-bond acceptors (Lipinski definition) is 3. The second kappa shape index (κ2) is 5.50. The van der Waals surface area contributed by atoms with Gasteiger partial charge in [0.2, 0.25) is 0 Å². The van der Waals surface area contributed by atoms with Gasteiger partial charge < -0.3 is 14.9 Å². The van der Waals surface area contributed by atoms with Crippen molar-refractivity contribution >= 4 is 14.7 Å². The highest BCUT2D eigenvalue weighted by molar-refractivity contribution is 6.74. The summed E-state index contributed by atoms with van der Waals surface area (Å²) in [6.45, 7) is 11.9. The number of aliphatic imine (C=N–C) groups is 1. The van der Waals surface area contributed by atoms with Gasteiger partial charge >= 0.3 is 0 Å². The maximum Gasteiger partial charge on any atom is 0.192 e. The normalized spacial score (nSPS) is 26.9. The van der Waals surface area contributed by atoms with Gasteiger partial charge in [-0.3, -0.25) is 0 Å². The molecule has 1 rings (SSSR count). The molecule has 1 aliphatic rings. The minimum Gasteiger partial charge on any atom is -0.414 e. The van der Waals surface area contributed by atoms with Crippen LogP contribution in [0, 0.1) is 0 Å². The molecule has 17 heavy (non-hydrogen) atoms. The van der Waals surface area contributed by atoms with Crippen molar-refractivity contribution < 1.29 is 9.16 Å². The molecule has 0 spiro atoms. The molecule has 5 heteroatoms. The molecule has 0 saturated carbocycles. The summed E-state index contributed by atoms with van der Waals surface area (Å²) in [5, 5.41) is 0.250. The molecule has 0 aliphatic carbocycles. The van der Waals surface area contributed by atoms with Gasteiger partial charge in [0.05, 0.1) is 19.0 Å². The molecule has 1 heterocycles. The van der Waals surface area contributed by atoms with Gasteiger partial charge in [-0.05, 0) is 31.0 Å². The van der Waals surface area contributed by atoms with E-state index in [9.17, 15) is 0 Å². The molecule has 0 aromatic rings. The molecule has 0 aromatic carbocycles. The maximum atomic E-state index is 6.14. The van der Waals surface area contributed by atoms with Crippen molar-refractivity contribution in [1.29, 1.82) is 0 Å². The molecule has 100 valence electrons. The summed E-state index contributed by atoms with van der Waals surface area (Å²) in [5.41, 5.74) is 5.26. The lowest BCUT2D eigenvalue weighted by Gasteiger charge is -2.36. The van der Waals surface area contributed by atoms with Crippen molar-refractivity contribution in [3.05, 3.63) is 0 Å². The maximum absolute atomic E-state index is 6.14. The van der Waals surface area contributed by atoms with Gasteiger partial charge in [0.25, 0.3) is 0 Å². The molecule has 2 N–H and O–H groups in total. The SMILES string of the molecule is CC(C)(C)[Si](C)(C)OC[C@@H]1CC[C@H](N=CN)O1. The molecule has 1 fully saturated rings. The minimum absolute atomic E-state index is 0.0620. The van der Waals surface area contributed by atoms with Crippen LogP contribution >= 0.6 is 0 Å². The summed E-state index contributed by atoms with van der Waals surface area (Å²) in [5.74, 6) is 0. The zero-order chi connectivity index (χ0) is 13.1. The molecule has 0 radical (unpaired) electrons. The Kier molecular flexibility index (Phi) is 4.74. The highest BCUT2D eigenvalue weighted by Crippen LogP contribution is 2.37. The van der Waals surface area contributed by atoms with E-state index in [4.69, 9.17) is 14.9 Å². The zero-order valence-electron chi connectivity index (χ0n) is 11.7. The lowest BCUT2D eigenvalue weighted by molar-refractivity contribution is 0.0192. The van der Waals surface area contributed by atoms with Gasteiger partial charge in [-0.1, -0.05) is 20.8 Å². The average Bonchev–Trinajstić information content (AvgIpc) is 2.62. The fraction of sp³-hybridized carbons (Fsp3) is 0.917. The lowest BCUT2D eigenvalue weighted by atomic mass is 10.2. The smallest absolute Gasteiger partial charge is 0.192 e. The first-order chi connectivity index (χ1) is 7.76. The Morgan fingerprint density at radius 1 is 1.41 bits per heavy atom. The fourth-order valence-electron chi connectivity index (χ4n) is 1.53. The Labute approximate surface area is 106 Å². The van der Waals surface area contributed by atoms with Crippen molar-refractivity contribution in [3.8, 4) is 0 Å². The quantitative estimate of drug-likeness (QED) is 0.479. The Hall–Kier alpha value is -0.393. The van der Waals surface area contributed by atoms with E-state index in [0.29, 0.717) is 6.61 Å². The third-order valence-corrected chi connectivity index (χ3v) is 8.27. The highest BCUT2D eigenvalue weighted by Gasteiger charge is 2.38. The Morgan fingerprint density at radius 2 is 2.06 bits per heavy atom. The molecule has 2 atom stereocenters. The van der Waals surface area contributed by atoms with Crippen molar-refractivity contribution in [3.63, 3.8) is 0 Å². The first-order valence-electron chi connectivity index (χ1n) is 6.29. The van der Waals surface area contributed by atoms with Crippen LogP contribution in [0.4, 0.5) is 0 Å². The van der Waals surface area contributed by atoms with Gasteiger partial charge in [-0.2, -0.15) is 0 Å². The molecular weight excluding hydrogens is 232 g/mol. The van der Waals surface area contributed by atoms with E-state index >= 15 is 0 Å². The monoisotopic (exact) mass is 258 g/mol. The second-order valence-corrected chi connectivity index (χ2v) is 11.0. The molecule has 0 unspecified atom stereocenters. The number of nitrogens with zero attached hydrogens (tertiary/aromatic N) is 1. The predicted octanol–water partition coefficient (Wildman–Crippen LogP) is 2.50. The van der Waals surface area contributed by atoms with Crippen LogP contribution in [0.2, 0.25) is 18.1 Å². The van der Waals surface area contributed by atoms with Crippen LogP contribution in [0.15, 0.2) is 4.99 Å². The minimum atomic E-state index is -1.66. The number of ether oxygens (including phenoxy) is 1. The average molecular weight is 258 g/mol. The number of rotatable bonds is 4. The van der Waals surface area contributed by atoms with Crippen LogP contribution in [-0.4, -0.2) is 33.6 Å². The largest absolute Gasteiger partial charge is 0.414 e. The first kappa shape index (κ1) is 14.7. The van der Waals surface area contributed by atoms with Crippen LogP contribution in [0.1, 0.15) is 33.6 Å². The Bertz CT molecular complexity index is 274. The van der Waals surface area contributed by atoms with Crippen LogP contribution < -0.4 is 5.73 Å². The van der Waals surface area contributed by atoms with E-state index in [1.165, 1.54) is 6.34 Å². The van der Waals surface area contributed by atoms with Crippen molar-refractivity contribution in [2.24, 2.45) is 10.7 Å². The molecule has 0 bridgehead atoms. The Morgan fingerprint density at radius 3 is 2.59 bits per heavy atom. The van der Waals surface area contributed by atoms with Crippen molar-refractivity contribution in [2.75, 3.05) is 6.61 Å². The van der Waals surface area contributed by atoms with E-state index < -0.39 is 8.32 Å². The van der Waals surface area contributed by atoms with Gasteiger partial charge in [0.1, 0.15) is 0 Å². The molecular formula is C12H26N2O2Si. The van der Waals surface area contributed by atoms with Crippen LogP contribution in [0.3, 0.4) is 0 Å². The summed E-state index contributed by atoms with van der Waals surface area (Å²) >= 11 is 0. The molecule has 0 amide bonds. The van der Waals surface area contributed by atoms with E-state index in [2.05, 4.69) is 38.9 Å². The molecule has 1 aliphatic heterocycles. The van der Waals surface area contributed by atoms with Crippen LogP contribution in [0.25, 0.3) is 0 Å². The highest BCUT2D eigenvalue weighted by atomic mass is 28.4. The number of nitrogens with two attached hydrogens (primary N) is 1. The summed E-state index contributed by atoms with van der Waals surface area (Å²) in [4.78, 5) is 4.05. The Balaban J connectivity index is 2.38. The summed E-state index contributed by atoms with van der Waals surface area (Å²) in [6.07, 6.45) is 3.39. The standard InChI is InChI=1S/C12H26N2O2Si/c1-12(2,3)17(4,5)15-8-10-6-7-11(16-10)14-9-13/h9-11H,6-8H2,1-5H3,(H2,13,14)/t10-,11+/m0/s1. The third-order valence-electron chi connectivity index (χ3n) is 3.77. The van der Waals surface area contributed by atoms with Gasteiger partial charge in [-0.15, -0.1) is 0 Å². The summed E-state index contributed by atoms with van der Waals surface area (Å²) in [6, 6.07) is 0. The van der Waals surface area contributed by atoms with Crippen LogP contribution in [0.5, 0.6) is 0 Å². The molecule has 0 aromatic heterocycles. The zero-order valence-corrected chi connectivity index (χ0v) is 12.7. The van der Waals surface area contributed by atoms with Gasteiger partial charge in [0.15, 0.2) is 14.5 Å². The van der Waals surface area contributed by atoms with E-state index in [1.807, 2.05) is 0 Å². The topological polar surface area (TPSA) is 56.8 Å². The predicted molar refractivity (Wildman–Crippen MR) is 73.7 cm³/mol. The van der Waals surface area contributed by atoms with E-state index in [-0.39, 0.29) is 17.4 Å². The summed E-state index contributed by atoms with van der Waals surface area (Å²) in [7, 11) is -1.66. The third kappa shape index (κ3) is 4.08. The molecule has 1 saturated heterocycles. The van der Waals surface area contributed by atoms with Gasteiger partial charge in [-0.25, -0.2) is 4.99 Å².